The minimum Gasteiger partial charge on any atom is -0.396 e. The Morgan fingerprint density at radius 2 is 2.23 bits per heavy atom. The third-order valence-electron chi connectivity index (χ3n) is 2.00. The highest BCUT2D eigenvalue weighted by Gasteiger charge is 2.08. The van der Waals surface area contributed by atoms with E-state index < -0.39 is 0 Å². The summed E-state index contributed by atoms with van der Waals surface area (Å²) in [7, 11) is 0. The van der Waals surface area contributed by atoms with Crippen molar-refractivity contribution in [3.63, 3.8) is 0 Å². The standard InChI is InChI=1S/C10H14ClNO/c1-7-2-3-8(9(11)6-7)10(12)4-5-13/h2-3,6,10,13H,4-5,12H2,1H3/t10-/m0/s1. The molecule has 3 N–H and O–H groups in total. The first-order chi connectivity index (χ1) is 6.15. The fraction of sp³-hybridized carbons (Fsp3) is 0.400. The molecule has 0 unspecified atom stereocenters. The Bertz CT molecular complexity index is 288. The lowest BCUT2D eigenvalue weighted by molar-refractivity contribution is 0.276. The van der Waals surface area contributed by atoms with Crippen molar-refractivity contribution in [1.29, 1.82) is 0 Å². The number of hydrogen-bond acceptors (Lipinski definition) is 2. The largest absolute Gasteiger partial charge is 0.396 e. The molecule has 0 amide bonds. The maximum atomic E-state index is 8.72. The van der Waals surface area contributed by atoms with Crippen LogP contribution in [0, 0.1) is 6.92 Å². The van der Waals surface area contributed by atoms with Gasteiger partial charge >= 0.3 is 0 Å². The number of aliphatic hydroxyl groups is 1. The van der Waals surface area contributed by atoms with Crippen LogP contribution < -0.4 is 5.73 Å². The number of nitrogens with two attached hydrogens (primary N) is 1. The molecule has 72 valence electrons. The fourth-order valence-corrected chi connectivity index (χ4v) is 1.60. The van der Waals surface area contributed by atoms with Crippen LogP contribution in [-0.2, 0) is 0 Å². The average Bonchev–Trinajstić information content (AvgIpc) is 2.04. The summed E-state index contributed by atoms with van der Waals surface area (Å²) in [4.78, 5) is 0. The highest BCUT2D eigenvalue weighted by atomic mass is 35.5. The van der Waals surface area contributed by atoms with E-state index in [2.05, 4.69) is 0 Å². The van der Waals surface area contributed by atoms with E-state index in [1.807, 2.05) is 25.1 Å². The van der Waals surface area contributed by atoms with Crippen molar-refractivity contribution in [2.75, 3.05) is 6.61 Å². The van der Waals surface area contributed by atoms with Crippen LogP contribution in [0.4, 0.5) is 0 Å². The molecule has 0 aromatic heterocycles. The molecule has 1 atom stereocenters. The molecular formula is C10H14ClNO. The summed E-state index contributed by atoms with van der Waals surface area (Å²) in [6, 6.07) is 5.60. The van der Waals surface area contributed by atoms with E-state index in [0.717, 1.165) is 11.1 Å². The summed E-state index contributed by atoms with van der Waals surface area (Å²) in [6.45, 7) is 2.07. The van der Waals surface area contributed by atoms with Gasteiger partial charge in [0.25, 0.3) is 0 Å². The van der Waals surface area contributed by atoms with Crippen molar-refractivity contribution in [2.24, 2.45) is 5.73 Å². The zero-order valence-corrected chi connectivity index (χ0v) is 8.38. The van der Waals surface area contributed by atoms with Crippen LogP contribution >= 0.6 is 11.6 Å². The normalized spacial score (nSPS) is 12.9. The molecule has 2 nitrogen and oxygen atoms in total. The second kappa shape index (κ2) is 4.61. The quantitative estimate of drug-likeness (QED) is 0.783. The molecule has 0 spiro atoms. The summed E-state index contributed by atoms with van der Waals surface area (Å²) in [5, 5.41) is 9.40. The van der Waals surface area contributed by atoms with Crippen molar-refractivity contribution < 1.29 is 5.11 Å². The van der Waals surface area contributed by atoms with Crippen LogP contribution in [0.1, 0.15) is 23.6 Å². The highest BCUT2D eigenvalue weighted by Crippen LogP contribution is 2.24. The van der Waals surface area contributed by atoms with E-state index in [1.54, 1.807) is 0 Å². The predicted octanol–water partition coefficient (Wildman–Crippen LogP) is 2.03. The second-order valence-corrected chi connectivity index (χ2v) is 3.55. The minimum atomic E-state index is -0.168. The molecule has 0 radical (unpaired) electrons. The molecule has 0 saturated carbocycles. The van der Waals surface area contributed by atoms with Gasteiger partial charge in [0.05, 0.1) is 0 Å². The van der Waals surface area contributed by atoms with Gasteiger partial charge in [-0.25, -0.2) is 0 Å². The molecule has 1 aromatic rings. The van der Waals surface area contributed by atoms with Crippen molar-refractivity contribution in [2.45, 2.75) is 19.4 Å². The Morgan fingerprint density at radius 3 is 2.77 bits per heavy atom. The maximum absolute atomic E-state index is 8.72. The molecule has 1 rings (SSSR count). The van der Waals surface area contributed by atoms with Crippen molar-refractivity contribution in [1.82, 2.24) is 0 Å². The Balaban J connectivity index is 2.88. The Labute approximate surface area is 83.3 Å². The van der Waals surface area contributed by atoms with Gasteiger partial charge < -0.3 is 10.8 Å². The number of benzene rings is 1. The minimum absolute atomic E-state index is 0.0887. The van der Waals surface area contributed by atoms with E-state index in [-0.39, 0.29) is 12.6 Å². The first-order valence-electron chi connectivity index (χ1n) is 4.27. The number of halogens is 1. The number of aliphatic hydroxyl groups excluding tert-OH is 1. The summed E-state index contributed by atoms with van der Waals surface area (Å²) in [5.74, 6) is 0. The monoisotopic (exact) mass is 199 g/mol. The van der Waals surface area contributed by atoms with Crippen molar-refractivity contribution in [3.8, 4) is 0 Å². The molecule has 13 heavy (non-hydrogen) atoms. The molecule has 0 aliphatic rings. The smallest absolute Gasteiger partial charge is 0.0456 e. The molecule has 0 aliphatic heterocycles. The average molecular weight is 200 g/mol. The van der Waals surface area contributed by atoms with Gasteiger partial charge in [-0.15, -0.1) is 0 Å². The molecule has 1 aromatic carbocycles. The second-order valence-electron chi connectivity index (χ2n) is 3.14. The van der Waals surface area contributed by atoms with Crippen molar-refractivity contribution in [3.05, 3.63) is 34.3 Å². The van der Waals surface area contributed by atoms with E-state index in [4.69, 9.17) is 22.4 Å². The Kier molecular flexibility index (Phi) is 3.72. The van der Waals surface area contributed by atoms with Crippen LogP contribution in [0.5, 0.6) is 0 Å². The van der Waals surface area contributed by atoms with Gasteiger partial charge in [-0.2, -0.15) is 0 Å². The summed E-state index contributed by atoms with van der Waals surface area (Å²) < 4.78 is 0. The highest BCUT2D eigenvalue weighted by molar-refractivity contribution is 6.31. The predicted molar refractivity (Wildman–Crippen MR) is 54.8 cm³/mol. The van der Waals surface area contributed by atoms with Gasteiger partial charge in [0, 0.05) is 17.7 Å². The molecule has 0 aliphatic carbocycles. The van der Waals surface area contributed by atoms with Crippen LogP contribution in [0.15, 0.2) is 18.2 Å². The number of hydrogen-bond donors (Lipinski definition) is 2. The van der Waals surface area contributed by atoms with Gasteiger partial charge in [0.1, 0.15) is 0 Å². The van der Waals surface area contributed by atoms with Gasteiger partial charge in [-0.1, -0.05) is 23.7 Å². The third kappa shape index (κ3) is 2.69. The molecule has 0 bridgehead atoms. The van der Waals surface area contributed by atoms with Crippen LogP contribution in [-0.4, -0.2) is 11.7 Å². The maximum Gasteiger partial charge on any atom is 0.0456 e. The molecule has 3 heteroatoms. The number of rotatable bonds is 3. The van der Waals surface area contributed by atoms with E-state index in [9.17, 15) is 0 Å². The van der Waals surface area contributed by atoms with Gasteiger partial charge in [0.15, 0.2) is 0 Å². The van der Waals surface area contributed by atoms with E-state index in [1.165, 1.54) is 0 Å². The van der Waals surface area contributed by atoms with Gasteiger partial charge in [-0.3, -0.25) is 0 Å². The fourth-order valence-electron chi connectivity index (χ4n) is 1.23. The van der Waals surface area contributed by atoms with E-state index in [0.29, 0.717) is 11.4 Å². The molecular weight excluding hydrogens is 186 g/mol. The summed E-state index contributed by atoms with van der Waals surface area (Å²) in [6.07, 6.45) is 0.544. The molecule has 0 heterocycles. The van der Waals surface area contributed by atoms with Crippen LogP contribution in [0.3, 0.4) is 0 Å². The molecule has 0 fully saturated rings. The van der Waals surface area contributed by atoms with E-state index >= 15 is 0 Å². The van der Waals surface area contributed by atoms with Crippen LogP contribution in [0.2, 0.25) is 5.02 Å². The van der Waals surface area contributed by atoms with Crippen molar-refractivity contribution >= 4 is 11.6 Å². The zero-order valence-electron chi connectivity index (χ0n) is 7.63. The Morgan fingerprint density at radius 1 is 1.54 bits per heavy atom. The molecule has 0 saturated heterocycles. The zero-order chi connectivity index (χ0) is 9.84. The third-order valence-corrected chi connectivity index (χ3v) is 2.32. The van der Waals surface area contributed by atoms with Gasteiger partial charge in [0.2, 0.25) is 0 Å². The lowest BCUT2D eigenvalue weighted by Gasteiger charge is -2.12. The number of aryl methyl sites for hydroxylation is 1. The first kappa shape index (κ1) is 10.5. The SMILES string of the molecule is Cc1ccc([C@@H](N)CCO)c(Cl)c1. The Hall–Kier alpha value is -0.570. The summed E-state index contributed by atoms with van der Waals surface area (Å²) in [5.41, 5.74) is 7.83. The lowest BCUT2D eigenvalue weighted by Crippen LogP contribution is -2.12. The van der Waals surface area contributed by atoms with Gasteiger partial charge in [-0.05, 0) is 30.5 Å². The topological polar surface area (TPSA) is 46.2 Å². The van der Waals surface area contributed by atoms with Crippen LogP contribution in [0.25, 0.3) is 0 Å². The summed E-state index contributed by atoms with van der Waals surface area (Å²) >= 11 is 6.00. The lowest BCUT2D eigenvalue weighted by atomic mass is 10.0. The first-order valence-corrected chi connectivity index (χ1v) is 4.65.